The number of hydrogen-bond acceptors (Lipinski definition) is 4. The van der Waals surface area contributed by atoms with E-state index in [1.54, 1.807) is 29.2 Å². The number of anilines is 1. The Hall–Kier alpha value is -1.66. The van der Waals surface area contributed by atoms with E-state index in [4.69, 9.17) is 29.6 Å². The molecule has 1 aromatic rings. The molecule has 2 N–H and O–H groups in total. The second-order valence-corrected chi connectivity index (χ2v) is 5.13. The SMILES string of the molecule is NC(=S)CN1C(=O)CN(c2ccc(Cl)cc2)CC1=O. The Kier molecular flexibility index (Phi) is 4.01. The van der Waals surface area contributed by atoms with Gasteiger partial charge in [0.25, 0.3) is 0 Å². The van der Waals surface area contributed by atoms with Crippen LogP contribution >= 0.6 is 23.8 Å². The Bertz CT molecular complexity index is 514. The molecule has 2 amide bonds. The molecule has 100 valence electrons. The van der Waals surface area contributed by atoms with Crippen LogP contribution in [0.1, 0.15) is 0 Å². The summed E-state index contributed by atoms with van der Waals surface area (Å²) in [6, 6.07) is 6.97. The number of carbonyl (C=O) groups is 2. The van der Waals surface area contributed by atoms with Crippen LogP contribution < -0.4 is 10.6 Å². The van der Waals surface area contributed by atoms with Gasteiger partial charge >= 0.3 is 0 Å². The maximum atomic E-state index is 11.9. The van der Waals surface area contributed by atoms with Crippen LogP contribution in [0.15, 0.2) is 24.3 Å². The first kappa shape index (κ1) is 13.8. The van der Waals surface area contributed by atoms with Crippen LogP contribution in [0.25, 0.3) is 0 Å². The van der Waals surface area contributed by atoms with E-state index in [-0.39, 0.29) is 36.4 Å². The summed E-state index contributed by atoms with van der Waals surface area (Å²) in [6.07, 6.45) is 0. The number of carbonyl (C=O) groups excluding carboxylic acids is 2. The number of piperazine rings is 1. The standard InChI is InChI=1S/C12H12ClN3O2S/c13-8-1-3-9(4-2-8)15-6-11(17)16(5-10(14)19)12(18)7-15/h1-4H,5-7H2,(H2,14,19). The summed E-state index contributed by atoms with van der Waals surface area (Å²) in [7, 11) is 0. The monoisotopic (exact) mass is 297 g/mol. The van der Waals surface area contributed by atoms with Crippen molar-refractivity contribution in [3.8, 4) is 0 Å². The molecular formula is C12H12ClN3O2S. The molecule has 7 heteroatoms. The summed E-state index contributed by atoms with van der Waals surface area (Å²) in [5, 5.41) is 0.605. The van der Waals surface area contributed by atoms with Crippen LogP contribution in [-0.4, -0.2) is 41.3 Å². The van der Waals surface area contributed by atoms with Crippen LogP contribution in [-0.2, 0) is 9.59 Å². The molecule has 1 aliphatic heterocycles. The summed E-state index contributed by atoms with van der Waals surface area (Å²) < 4.78 is 0. The molecule has 0 spiro atoms. The van der Waals surface area contributed by atoms with E-state index in [0.29, 0.717) is 5.02 Å². The second kappa shape index (κ2) is 5.54. The van der Waals surface area contributed by atoms with Crippen LogP contribution in [0.4, 0.5) is 5.69 Å². The fraction of sp³-hybridized carbons (Fsp3) is 0.250. The lowest BCUT2D eigenvalue weighted by Crippen LogP contribution is -2.55. The van der Waals surface area contributed by atoms with Crippen molar-refractivity contribution in [2.45, 2.75) is 0 Å². The largest absolute Gasteiger partial charge is 0.392 e. The summed E-state index contributed by atoms with van der Waals surface area (Å²) in [4.78, 5) is 26.7. The Morgan fingerprint density at radius 1 is 1.21 bits per heavy atom. The van der Waals surface area contributed by atoms with E-state index >= 15 is 0 Å². The molecule has 0 aromatic heterocycles. The number of rotatable bonds is 3. The number of nitrogens with two attached hydrogens (primary N) is 1. The topological polar surface area (TPSA) is 66.6 Å². The predicted molar refractivity (Wildman–Crippen MR) is 77.2 cm³/mol. The molecule has 1 heterocycles. The number of benzene rings is 1. The maximum absolute atomic E-state index is 11.9. The van der Waals surface area contributed by atoms with Crippen LogP contribution in [0.3, 0.4) is 0 Å². The average molecular weight is 298 g/mol. The Labute approximate surface area is 120 Å². The normalized spacial score (nSPS) is 15.8. The highest BCUT2D eigenvalue weighted by atomic mass is 35.5. The summed E-state index contributed by atoms with van der Waals surface area (Å²) in [5.74, 6) is -0.613. The van der Waals surface area contributed by atoms with Crippen molar-refractivity contribution < 1.29 is 9.59 Å². The van der Waals surface area contributed by atoms with Crippen LogP contribution in [0.2, 0.25) is 5.02 Å². The number of hydrogen-bond donors (Lipinski definition) is 1. The fourth-order valence-corrected chi connectivity index (χ4v) is 2.11. The number of imide groups is 1. The molecule has 1 fully saturated rings. The molecule has 0 saturated carbocycles. The molecule has 2 rings (SSSR count). The third-order valence-electron chi connectivity index (χ3n) is 2.76. The van der Waals surface area contributed by atoms with Crippen molar-refractivity contribution in [1.29, 1.82) is 0 Å². The number of amides is 2. The third-order valence-corrected chi connectivity index (χ3v) is 3.14. The minimum Gasteiger partial charge on any atom is -0.392 e. The number of thiocarbonyl (C=S) groups is 1. The highest BCUT2D eigenvalue weighted by molar-refractivity contribution is 7.80. The molecule has 1 aromatic carbocycles. The summed E-state index contributed by atoms with van der Waals surface area (Å²) >= 11 is 10.5. The first-order valence-corrected chi connectivity index (χ1v) is 6.38. The van der Waals surface area contributed by atoms with Crippen molar-refractivity contribution in [2.75, 3.05) is 24.5 Å². The van der Waals surface area contributed by atoms with Crippen LogP contribution in [0.5, 0.6) is 0 Å². The fourth-order valence-electron chi connectivity index (χ4n) is 1.86. The lowest BCUT2D eigenvalue weighted by Gasteiger charge is -2.33. The zero-order valence-electron chi connectivity index (χ0n) is 10.0. The van der Waals surface area contributed by atoms with Gasteiger partial charge < -0.3 is 10.6 Å². The van der Waals surface area contributed by atoms with Gasteiger partial charge in [0, 0.05) is 10.7 Å². The van der Waals surface area contributed by atoms with Gasteiger partial charge in [0.15, 0.2) is 0 Å². The lowest BCUT2D eigenvalue weighted by molar-refractivity contribution is -0.144. The highest BCUT2D eigenvalue weighted by Crippen LogP contribution is 2.20. The van der Waals surface area contributed by atoms with Gasteiger partial charge in [0.1, 0.15) is 0 Å². The van der Waals surface area contributed by atoms with E-state index in [9.17, 15) is 9.59 Å². The lowest BCUT2D eigenvalue weighted by atomic mass is 10.2. The van der Waals surface area contributed by atoms with E-state index < -0.39 is 0 Å². The van der Waals surface area contributed by atoms with Crippen molar-refractivity contribution >= 4 is 46.3 Å². The summed E-state index contributed by atoms with van der Waals surface area (Å²) in [6.45, 7) is 0.243. The van der Waals surface area contributed by atoms with Gasteiger partial charge in [0.2, 0.25) is 11.8 Å². The molecule has 0 radical (unpaired) electrons. The van der Waals surface area contributed by atoms with Crippen molar-refractivity contribution in [3.63, 3.8) is 0 Å². The third kappa shape index (κ3) is 3.21. The van der Waals surface area contributed by atoms with Crippen molar-refractivity contribution in [2.24, 2.45) is 5.73 Å². The first-order valence-electron chi connectivity index (χ1n) is 5.59. The van der Waals surface area contributed by atoms with E-state index in [1.807, 2.05) is 0 Å². The minimum absolute atomic E-state index is 0.00145. The molecule has 19 heavy (non-hydrogen) atoms. The zero-order valence-corrected chi connectivity index (χ0v) is 11.6. The van der Waals surface area contributed by atoms with Gasteiger partial charge in [-0.05, 0) is 24.3 Å². The van der Waals surface area contributed by atoms with E-state index in [1.165, 1.54) is 0 Å². The predicted octanol–water partition coefficient (Wildman–Crippen LogP) is 0.801. The molecule has 0 unspecified atom stereocenters. The highest BCUT2D eigenvalue weighted by Gasteiger charge is 2.31. The zero-order chi connectivity index (χ0) is 14.0. The molecule has 0 atom stereocenters. The van der Waals surface area contributed by atoms with Crippen molar-refractivity contribution in [3.05, 3.63) is 29.3 Å². The van der Waals surface area contributed by atoms with Gasteiger partial charge in [-0.15, -0.1) is 0 Å². The molecule has 5 nitrogen and oxygen atoms in total. The molecule has 1 saturated heterocycles. The molecule has 1 aliphatic rings. The maximum Gasteiger partial charge on any atom is 0.249 e. The smallest absolute Gasteiger partial charge is 0.249 e. The van der Waals surface area contributed by atoms with E-state index in [2.05, 4.69) is 0 Å². The summed E-state index contributed by atoms with van der Waals surface area (Å²) in [5.41, 5.74) is 6.15. The quantitative estimate of drug-likeness (QED) is 0.660. The number of halogens is 1. The Morgan fingerprint density at radius 2 is 1.74 bits per heavy atom. The van der Waals surface area contributed by atoms with Gasteiger partial charge in [-0.3, -0.25) is 14.5 Å². The van der Waals surface area contributed by atoms with E-state index in [0.717, 1.165) is 10.6 Å². The van der Waals surface area contributed by atoms with Crippen LogP contribution in [0, 0.1) is 0 Å². The van der Waals surface area contributed by atoms with Gasteiger partial charge in [-0.2, -0.15) is 0 Å². The number of nitrogens with zero attached hydrogens (tertiary/aromatic N) is 2. The Balaban J connectivity index is 2.13. The molecule has 0 aliphatic carbocycles. The van der Waals surface area contributed by atoms with Crippen molar-refractivity contribution in [1.82, 2.24) is 4.90 Å². The van der Waals surface area contributed by atoms with Gasteiger partial charge in [-0.25, -0.2) is 0 Å². The molecule has 0 bridgehead atoms. The molecular weight excluding hydrogens is 286 g/mol. The minimum atomic E-state index is -0.306. The van der Waals surface area contributed by atoms with Gasteiger partial charge in [0.05, 0.1) is 24.6 Å². The Morgan fingerprint density at radius 3 is 2.21 bits per heavy atom. The first-order chi connectivity index (χ1) is 8.97. The average Bonchev–Trinajstić information content (AvgIpc) is 2.34. The second-order valence-electron chi connectivity index (χ2n) is 4.17. The van der Waals surface area contributed by atoms with Gasteiger partial charge in [-0.1, -0.05) is 23.8 Å².